The number of rotatable bonds is 3. The summed E-state index contributed by atoms with van der Waals surface area (Å²) in [4.78, 5) is 11.9. The molecular weight excluding hydrogens is 222 g/mol. The van der Waals surface area contributed by atoms with Crippen LogP contribution in [-0.4, -0.2) is 5.78 Å². The summed E-state index contributed by atoms with van der Waals surface area (Å²) in [5.41, 5.74) is 9.16. The monoisotopic (exact) mass is 237 g/mol. The van der Waals surface area contributed by atoms with Gasteiger partial charge < -0.3 is 5.73 Å². The van der Waals surface area contributed by atoms with E-state index in [0.29, 0.717) is 11.3 Å². The summed E-state index contributed by atoms with van der Waals surface area (Å²) in [5, 5.41) is 0. The van der Waals surface area contributed by atoms with E-state index in [4.69, 9.17) is 5.73 Å². The molecule has 0 aliphatic heterocycles. The Balaban J connectivity index is 2.17. The van der Waals surface area contributed by atoms with Gasteiger partial charge in [0.05, 0.1) is 0 Å². The Kier molecular flexibility index (Phi) is 3.58. The minimum atomic E-state index is -0.0155. The van der Waals surface area contributed by atoms with Gasteiger partial charge in [-0.1, -0.05) is 48.0 Å². The fraction of sp³-hybridized carbons (Fsp3) is 0.0625. The zero-order valence-corrected chi connectivity index (χ0v) is 10.3. The van der Waals surface area contributed by atoms with Crippen LogP contribution in [0, 0.1) is 6.92 Å². The summed E-state index contributed by atoms with van der Waals surface area (Å²) >= 11 is 0. The number of para-hydroxylation sites is 1. The van der Waals surface area contributed by atoms with Gasteiger partial charge in [-0.3, -0.25) is 4.79 Å². The van der Waals surface area contributed by atoms with E-state index in [1.807, 2.05) is 55.5 Å². The van der Waals surface area contributed by atoms with E-state index in [9.17, 15) is 4.79 Å². The third kappa shape index (κ3) is 2.86. The second-order valence-electron chi connectivity index (χ2n) is 4.19. The summed E-state index contributed by atoms with van der Waals surface area (Å²) < 4.78 is 0. The lowest BCUT2D eigenvalue weighted by Crippen LogP contribution is -1.94. The standard InChI is InChI=1S/C16H15NO/c1-12-6-8-14(9-7-12)16(18)11-10-13-4-2-3-5-15(13)17/h2-11H,17H2,1H3. The number of carbonyl (C=O) groups is 1. The van der Waals surface area contributed by atoms with Crippen molar-refractivity contribution in [3.8, 4) is 0 Å². The van der Waals surface area contributed by atoms with Gasteiger partial charge in [0, 0.05) is 11.3 Å². The molecule has 2 aromatic rings. The second-order valence-corrected chi connectivity index (χ2v) is 4.19. The molecule has 0 amide bonds. The van der Waals surface area contributed by atoms with E-state index >= 15 is 0 Å². The maximum Gasteiger partial charge on any atom is 0.185 e. The molecule has 0 unspecified atom stereocenters. The van der Waals surface area contributed by atoms with Crippen molar-refractivity contribution in [2.45, 2.75) is 6.92 Å². The predicted molar refractivity (Wildman–Crippen MR) is 75.4 cm³/mol. The lowest BCUT2D eigenvalue weighted by molar-refractivity contribution is 0.104. The Bertz CT molecular complexity index is 582. The average molecular weight is 237 g/mol. The number of hydrogen-bond acceptors (Lipinski definition) is 2. The molecular formula is C16H15NO. The van der Waals surface area contributed by atoms with E-state index < -0.39 is 0 Å². The Morgan fingerprint density at radius 3 is 2.39 bits per heavy atom. The molecule has 2 N–H and O–H groups in total. The maximum atomic E-state index is 11.9. The van der Waals surface area contributed by atoms with Gasteiger partial charge in [-0.05, 0) is 30.7 Å². The zero-order chi connectivity index (χ0) is 13.0. The Morgan fingerprint density at radius 2 is 1.72 bits per heavy atom. The first-order valence-corrected chi connectivity index (χ1v) is 5.80. The van der Waals surface area contributed by atoms with Crippen molar-refractivity contribution in [1.29, 1.82) is 0 Å². The van der Waals surface area contributed by atoms with Gasteiger partial charge in [-0.15, -0.1) is 0 Å². The fourth-order valence-electron chi connectivity index (χ4n) is 1.64. The van der Waals surface area contributed by atoms with E-state index in [1.165, 1.54) is 0 Å². The third-order valence-corrected chi connectivity index (χ3v) is 2.75. The van der Waals surface area contributed by atoms with Crippen LogP contribution < -0.4 is 5.73 Å². The van der Waals surface area contributed by atoms with Crippen molar-refractivity contribution in [3.05, 3.63) is 71.3 Å². The lowest BCUT2D eigenvalue weighted by Gasteiger charge is -1.99. The van der Waals surface area contributed by atoms with Crippen LogP contribution in [0.5, 0.6) is 0 Å². The molecule has 0 aromatic heterocycles. The average Bonchev–Trinajstić information content (AvgIpc) is 2.38. The largest absolute Gasteiger partial charge is 0.398 e. The molecule has 0 saturated carbocycles. The van der Waals surface area contributed by atoms with Crippen LogP contribution in [0.1, 0.15) is 21.5 Å². The van der Waals surface area contributed by atoms with Crippen molar-refractivity contribution in [2.75, 3.05) is 5.73 Å². The van der Waals surface area contributed by atoms with Crippen molar-refractivity contribution in [2.24, 2.45) is 0 Å². The molecule has 0 bridgehead atoms. The van der Waals surface area contributed by atoms with Gasteiger partial charge in [-0.25, -0.2) is 0 Å². The van der Waals surface area contributed by atoms with Crippen LogP contribution in [-0.2, 0) is 0 Å². The number of nitrogen functional groups attached to an aromatic ring is 1. The Labute approximate surface area is 107 Å². The molecule has 0 aliphatic carbocycles. The highest BCUT2D eigenvalue weighted by molar-refractivity contribution is 6.07. The number of carbonyl (C=O) groups excluding carboxylic acids is 1. The van der Waals surface area contributed by atoms with Gasteiger partial charge in [0.25, 0.3) is 0 Å². The molecule has 90 valence electrons. The molecule has 2 rings (SSSR count). The second kappa shape index (κ2) is 5.32. The van der Waals surface area contributed by atoms with Crippen molar-refractivity contribution >= 4 is 17.5 Å². The van der Waals surface area contributed by atoms with Crippen molar-refractivity contribution in [1.82, 2.24) is 0 Å². The number of anilines is 1. The number of allylic oxidation sites excluding steroid dienone is 1. The van der Waals surface area contributed by atoms with Crippen molar-refractivity contribution < 1.29 is 4.79 Å². The fourth-order valence-corrected chi connectivity index (χ4v) is 1.64. The van der Waals surface area contributed by atoms with E-state index in [0.717, 1.165) is 11.1 Å². The molecule has 2 nitrogen and oxygen atoms in total. The van der Waals surface area contributed by atoms with Crippen LogP contribution in [0.3, 0.4) is 0 Å². The van der Waals surface area contributed by atoms with Gasteiger partial charge in [0.2, 0.25) is 0 Å². The van der Waals surface area contributed by atoms with Crippen LogP contribution >= 0.6 is 0 Å². The van der Waals surface area contributed by atoms with Gasteiger partial charge >= 0.3 is 0 Å². The molecule has 0 fully saturated rings. The smallest absolute Gasteiger partial charge is 0.185 e. The molecule has 0 spiro atoms. The molecule has 0 radical (unpaired) electrons. The van der Waals surface area contributed by atoms with Gasteiger partial charge in [-0.2, -0.15) is 0 Å². The lowest BCUT2D eigenvalue weighted by atomic mass is 10.1. The number of aryl methyl sites for hydroxylation is 1. The number of hydrogen-bond donors (Lipinski definition) is 1. The number of nitrogens with two attached hydrogens (primary N) is 1. The molecule has 0 saturated heterocycles. The van der Waals surface area contributed by atoms with Crippen molar-refractivity contribution in [3.63, 3.8) is 0 Å². The number of benzene rings is 2. The quantitative estimate of drug-likeness (QED) is 0.504. The summed E-state index contributed by atoms with van der Waals surface area (Å²) in [6, 6.07) is 15.0. The summed E-state index contributed by atoms with van der Waals surface area (Å²) in [6.07, 6.45) is 3.30. The van der Waals surface area contributed by atoms with Crippen LogP contribution in [0.15, 0.2) is 54.6 Å². The SMILES string of the molecule is Cc1ccc(C(=O)C=Cc2ccccc2N)cc1. The van der Waals surface area contributed by atoms with Gasteiger partial charge in [0.1, 0.15) is 0 Å². The predicted octanol–water partition coefficient (Wildman–Crippen LogP) is 3.47. The Hall–Kier alpha value is -2.35. The summed E-state index contributed by atoms with van der Waals surface area (Å²) in [6.45, 7) is 1.99. The highest BCUT2D eigenvalue weighted by atomic mass is 16.1. The topological polar surface area (TPSA) is 43.1 Å². The van der Waals surface area contributed by atoms with Crippen LogP contribution in [0.4, 0.5) is 5.69 Å². The normalized spacial score (nSPS) is 10.7. The number of ketones is 1. The minimum Gasteiger partial charge on any atom is -0.398 e. The van der Waals surface area contributed by atoms with E-state index in [2.05, 4.69) is 0 Å². The molecule has 0 atom stereocenters. The Morgan fingerprint density at radius 1 is 1.06 bits per heavy atom. The van der Waals surface area contributed by atoms with E-state index in [1.54, 1.807) is 12.2 Å². The molecule has 18 heavy (non-hydrogen) atoms. The van der Waals surface area contributed by atoms with Crippen LogP contribution in [0.25, 0.3) is 6.08 Å². The zero-order valence-electron chi connectivity index (χ0n) is 10.3. The van der Waals surface area contributed by atoms with E-state index in [-0.39, 0.29) is 5.78 Å². The first kappa shape index (κ1) is 12.1. The van der Waals surface area contributed by atoms with Crippen LogP contribution in [0.2, 0.25) is 0 Å². The maximum absolute atomic E-state index is 11.9. The van der Waals surface area contributed by atoms with Gasteiger partial charge in [0.15, 0.2) is 5.78 Å². The first-order valence-electron chi connectivity index (χ1n) is 5.80. The third-order valence-electron chi connectivity index (χ3n) is 2.75. The highest BCUT2D eigenvalue weighted by Crippen LogP contribution is 2.13. The molecule has 0 heterocycles. The summed E-state index contributed by atoms with van der Waals surface area (Å²) in [7, 11) is 0. The molecule has 2 heteroatoms. The minimum absolute atomic E-state index is 0.0155. The molecule has 0 aliphatic rings. The highest BCUT2D eigenvalue weighted by Gasteiger charge is 2.01. The first-order chi connectivity index (χ1) is 8.66. The molecule has 2 aromatic carbocycles. The summed E-state index contributed by atoms with van der Waals surface area (Å²) in [5.74, 6) is -0.0155.